The van der Waals surface area contributed by atoms with Gasteiger partial charge < -0.3 is 24.8 Å². The van der Waals surface area contributed by atoms with Crippen LogP contribution in [0.5, 0.6) is 0 Å². The number of methoxy groups -OCH3 is 1. The molecule has 0 aliphatic carbocycles. The molecule has 0 aromatic rings. The van der Waals surface area contributed by atoms with E-state index in [1.54, 1.807) is 14.2 Å². The molecule has 1 aliphatic heterocycles. The molecule has 7 heteroatoms. The Bertz CT molecular complexity index is 262. The second kappa shape index (κ2) is 14.8. The fourth-order valence-corrected chi connectivity index (χ4v) is 2.02. The van der Waals surface area contributed by atoms with E-state index in [9.17, 15) is 0 Å². The molecule has 1 saturated heterocycles. The van der Waals surface area contributed by atoms with E-state index in [0.717, 1.165) is 51.5 Å². The lowest BCUT2D eigenvalue weighted by Crippen LogP contribution is -2.41. The van der Waals surface area contributed by atoms with Gasteiger partial charge in [0.25, 0.3) is 0 Å². The van der Waals surface area contributed by atoms with Gasteiger partial charge in [0.15, 0.2) is 5.96 Å². The number of halogens is 1. The van der Waals surface area contributed by atoms with Gasteiger partial charge in [-0.2, -0.15) is 0 Å². The van der Waals surface area contributed by atoms with Crippen LogP contribution in [0.4, 0.5) is 0 Å². The van der Waals surface area contributed by atoms with Crippen molar-refractivity contribution in [2.45, 2.75) is 31.8 Å². The third kappa shape index (κ3) is 11.1. The molecule has 0 radical (unpaired) electrons. The lowest BCUT2D eigenvalue weighted by Gasteiger charge is -2.15. The third-order valence-corrected chi connectivity index (χ3v) is 3.18. The highest BCUT2D eigenvalue weighted by atomic mass is 127. The number of guanidine groups is 1. The molecule has 0 aromatic heterocycles. The fraction of sp³-hybridized carbons (Fsp3) is 0.929. The molecule has 1 aliphatic rings. The van der Waals surface area contributed by atoms with Gasteiger partial charge in [0, 0.05) is 40.5 Å². The van der Waals surface area contributed by atoms with Crippen LogP contribution in [-0.2, 0) is 14.2 Å². The largest absolute Gasteiger partial charge is 0.382 e. The normalized spacial score (nSPS) is 18.4. The molecular weight excluding hydrogens is 385 g/mol. The summed E-state index contributed by atoms with van der Waals surface area (Å²) in [6.45, 7) is 4.75. The van der Waals surface area contributed by atoms with E-state index in [4.69, 9.17) is 14.2 Å². The van der Waals surface area contributed by atoms with Crippen molar-refractivity contribution in [3.63, 3.8) is 0 Å². The number of nitrogens with zero attached hydrogens (tertiary/aromatic N) is 1. The molecule has 0 amide bonds. The van der Waals surface area contributed by atoms with E-state index in [1.165, 1.54) is 6.42 Å². The van der Waals surface area contributed by atoms with Gasteiger partial charge in [-0.1, -0.05) is 0 Å². The molecule has 2 N–H and O–H groups in total. The summed E-state index contributed by atoms with van der Waals surface area (Å²) >= 11 is 0. The summed E-state index contributed by atoms with van der Waals surface area (Å²) in [6, 6.07) is 0. The quantitative estimate of drug-likeness (QED) is 0.244. The first-order valence-corrected chi connectivity index (χ1v) is 7.49. The maximum atomic E-state index is 5.57. The van der Waals surface area contributed by atoms with Crippen molar-refractivity contribution in [1.82, 2.24) is 10.6 Å². The van der Waals surface area contributed by atoms with Crippen molar-refractivity contribution >= 4 is 29.9 Å². The minimum Gasteiger partial charge on any atom is -0.382 e. The summed E-state index contributed by atoms with van der Waals surface area (Å²) in [7, 11) is 3.47. The maximum Gasteiger partial charge on any atom is 0.191 e. The standard InChI is InChI=1S/C14H29N3O3.HI/c1-15-14(17-12-13-6-5-9-20-13)16-7-3-4-8-19-11-10-18-2;/h13H,3-12H2,1-2H3,(H2,15,16,17);1H. The molecule has 1 unspecified atom stereocenters. The number of unbranched alkanes of at least 4 members (excludes halogenated alkanes) is 1. The van der Waals surface area contributed by atoms with E-state index >= 15 is 0 Å². The molecule has 1 rings (SSSR count). The van der Waals surface area contributed by atoms with Crippen LogP contribution < -0.4 is 10.6 Å². The topological polar surface area (TPSA) is 64.1 Å². The average Bonchev–Trinajstić information content (AvgIpc) is 2.98. The van der Waals surface area contributed by atoms with Crippen LogP contribution >= 0.6 is 24.0 Å². The van der Waals surface area contributed by atoms with Gasteiger partial charge in [0.2, 0.25) is 0 Å². The van der Waals surface area contributed by atoms with Crippen molar-refractivity contribution in [2.75, 3.05) is 53.7 Å². The number of hydrogen-bond donors (Lipinski definition) is 2. The number of rotatable bonds is 10. The van der Waals surface area contributed by atoms with Crippen LogP contribution in [0.3, 0.4) is 0 Å². The number of aliphatic imine (C=N–C) groups is 1. The molecule has 0 saturated carbocycles. The molecule has 126 valence electrons. The Hall–Kier alpha value is -0.120. The zero-order valence-electron chi connectivity index (χ0n) is 13.2. The first kappa shape index (κ1) is 20.9. The van der Waals surface area contributed by atoms with Crippen molar-refractivity contribution in [2.24, 2.45) is 4.99 Å². The molecule has 1 heterocycles. The number of ether oxygens (including phenoxy) is 3. The van der Waals surface area contributed by atoms with Gasteiger partial charge in [-0.3, -0.25) is 4.99 Å². The van der Waals surface area contributed by atoms with Crippen molar-refractivity contribution in [3.05, 3.63) is 0 Å². The summed E-state index contributed by atoms with van der Waals surface area (Å²) in [5, 5.41) is 6.59. The molecule has 21 heavy (non-hydrogen) atoms. The van der Waals surface area contributed by atoms with Gasteiger partial charge in [-0.15, -0.1) is 24.0 Å². The Morgan fingerprint density at radius 3 is 2.76 bits per heavy atom. The first-order valence-electron chi connectivity index (χ1n) is 7.49. The van der Waals surface area contributed by atoms with E-state index in [1.807, 2.05) is 0 Å². The summed E-state index contributed by atoms with van der Waals surface area (Å²) < 4.78 is 15.9. The van der Waals surface area contributed by atoms with Gasteiger partial charge in [-0.05, 0) is 25.7 Å². The minimum absolute atomic E-state index is 0. The third-order valence-electron chi connectivity index (χ3n) is 3.18. The summed E-state index contributed by atoms with van der Waals surface area (Å²) in [6.07, 6.45) is 4.75. The average molecular weight is 415 g/mol. The lowest BCUT2D eigenvalue weighted by molar-refractivity contribution is 0.0689. The molecule has 1 atom stereocenters. The van der Waals surface area contributed by atoms with Crippen LogP contribution in [0.1, 0.15) is 25.7 Å². The predicted octanol–water partition coefficient (Wildman–Crippen LogP) is 1.39. The second-order valence-corrected chi connectivity index (χ2v) is 4.83. The van der Waals surface area contributed by atoms with E-state index in [-0.39, 0.29) is 24.0 Å². The number of hydrogen-bond acceptors (Lipinski definition) is 4. The molecule has 0 spiro atoms. The highest BCUT2D eigenvalue weighted by Crippen LogP contribution is 2.10. The minimum atomic E-state index is 0. The maximum absolute atomic E-state index is 5.57. The van der Waals surface area contributed by atoms with Crippen LogP contribution in [0.2, 0.25) is 0 Å². The molecule has 0 bridgehead atoms. The molecular formula is C14H30IN3O3. The SMILES string of the molecule is CN=C(NCCCCOCCOC)NCC1CCCO1.I. The van der Waals surface area contributed by atoms with Crippen LogP contribution in [0, 0.1) is 0 Å². The Labute approximate surface area is 145 Å². The van der Waals surface area contributed by atoms with Gasteiger partial charge >= 0.3 is 0 Å². The Kier molecular flexibility index (Phi) is 14.7. The van der Waals surface area contributed by atoms with Crippen molar-refractivity contribution in [1.29, 1.82) is 0 Å². The summed E-state index contributed by atoms with van der Waals surface area (Å²) in [5.74, 6) is 0.848. The monoisotopic (exact) mass is 415 g/mol. The fourth-order valence-electron chi connectivity index (χ4n) is 2.02. The zero-order chi connectivity index (χ0) is 14.5. The predicted molar refractivity (Wildman–Crippen MR) is 95.7 cm³/mol. The highest BCUT2D eigenvalue weighted by molar-refractivity contribution is 14.0. The highest BCUT2D eigenvalue weighted by Gasteiger charge is 2.15. The summed E-state index contributed by atoms with van der Waals surface area (Å²) in [4.78, 5) is 4.20. The van der Waals surface area contributed by atoms with Gasteiger partial charge in [0.1, 0.15) is 0 Å². The van der Waals surface area contributed by atoms with Gasteiger partial charge in [-0.25, -0.2) is 0 Å². The number of nitrogens with one attached hydrogen (secondary N) is 2. The molecule has 0 aromatic carbocycles. The van der Waals surface area contributed by atoms with E-state index in [2.05, 4.69) is 15.6 Å². The Balaban J connectivity index is 0.00000400. The van der Waals surface area contributed by atoms with Crippen LogP contribution in [0.15, 0.2) is 4.99 Å². The van der Waals surface area contributed by atoms with E-state index in [0.29, 0.717) is 19.3 Å². The van der Waals surface area contributed by atoms with Gasteiger partial charge in [0.05, 0.1) is 19.3 Å². The van der Waals surface area contributed by atoms with Crippen LogP contribution in [0.25, 0.3) is 0 Å². The van der Waals surface area contributed by atoms with Crippen LogP contribution in [-0.4, -0.2) is 65.7 Å². The Morgan fingerprint density at radius 1 is 1.24 bits per heavy atom. The Morgan fingerprint density at radius 2 is 2.10 bits per heavy atom. The first-order chi connectivity index (χ1) is 9.86. The second-order valence-electron chi connectivity index (χ2n) is 4.83. The molecule has 1 fully saturated rings. The van der Waals surface area contributed by atoms with Crippen molar-refractivity contribution in [3.8, 4) is 0 Å². The van der Waals surface area contributed by atoms with E-state index < -0.39 is 0 Å². The lowest BCUT2D eigenvalue weighted by atomic mass is 10.2. The summed E-state index contributed by atoms with van der Waals surface area (Å²) in [5.41, 5.74) is 0. The zero-order valence-corrected chi connectivity index (χ0v) is 15.6. The smallest absolute Gasteiger partial charge is 0.191 e. The molecule has 6 nitrogen and oxygen atoms in total. The van der Waals surface area contributed by atoms with Crippen molar-refractivity contribution < 1.29 is 14.2 Å².